The average Bonchev–Trinajstić information content (AvgIpc) is 3.51. The number of amides is 1. The molecule has 8 heteroatoms. The number of nitrogens with two attached hydrogens (primary N) is 1. The third kappa shape index (κ3) is 3.30. The fourth-order valence-corrected chi connectivity index (χ4v) is 4.92. The summed E-state index contributed by atoms with van der Waals surface area (Å²) in [6.45, 7) is 0.785. The lowest BCUT2D eigenvalue weighted by Gasteiger charge is -2.30. The van der Waals surface area contributed by atoms with E-state index in [1.165, 1.54) is 4.90 Å². The molecular weight excluding hydrogens is 416 g/mol. The molecule has 1 atom stereocenters. The van der Waals surface area contributed by atoms with Crippen molar-refractivity contribution in [3.05, 3.63) is 82.2 Å². The van der Waals surface area contributed by atoms with E-state index in [4.69, 9.17) is 10.7 Å². The van der Waals surface area contributed by atoms with E-state index in [2.05, 4.69) is 16.0 Å². The first kappa shape index (κ1) is 21.0. The van der Waals surface area contributed by atoms with Crippen molar-refractivity contribution in [1.82, 2.24) is 19.4 Å². The molecule has 1 aliphatic rings. The fourth-order valence-electron chi connectivity index (χ4n) is 4.92. The van der Waals surface area contributed by atoms with Crippen LogP contribution in [0.3, 0.4) is 0 Å². The van der Waals surface area contributed by atoms with E-state index >= 15 is 0 Å². The summed E-state index contributed by atoms with van der Waals surface area (Å²) in [6.07, 6.45) is 5.98. The van der Waals surface area contributed by atoms with Crippen molar-refractivity contribution in [1.29, 1.82) is 0 Å². The molecule has 33 heavy (non-hydrogen) atoms. The highest BCUT2D eigenvalue weighted by molar-refractivity contribution is 5.91. The summed E-state index contributed by atoms with van der Waals surface area (Å²) in [5.74, 6) is 0. The van der Waals surface area contributed by atoms with Crippen molar-refractivity contribution in [2.75, 3.05) is 13.6 Å². The number of H-pyrrole nitrogens is 2. The van der Waals surface area contributed by atoms with Crippen LogP contribution in [0.1, 0.15) is 29.8 Å². The van der Waals surface area contributed by atoms with Crippen molar-refractivity contribution < 1.29 is 4.79 Å². The van der Waals surface area contributed by atoms with Crippen LogP contribution in [-0.4, -0.2) is 45.7 Å². The van der Waals surface area contributed by atoms with Crippen LogP contribution in [0.5, 0.6) is 0 Å². The van der Waals surface area contributed by atoms with E-state index in [1.54, 1.807) is 11.6 Å². The molecule has 1 aliphatic heterocycles. The number of fused-ring (bicyclic) bond motifs is 2. The van der Waals surface area contributed by atoms with Crippen LogP contribution in [0.2, 0.25) is 0 Å². The highest BCUT2D eigenvalue weighted by Crippen LogP contribution is 2.46. The fraction of sp³-hybridized carbons (Fsp3) is 0.240. The topological polar surface area (TPSA) is 112 Å². The molecule has 5 rings (SSSR count). The molecule has 1 amide bonds. The number of rotatable bonds is 8. The second kappa shape index (κ2) is 8.22. The van der Waals surface area contributed by atoms with Crippen molar-refractivity contribution in [3.63, 3.8) is 0 Å². The van der Waals surface area contributed by atoms with Gasteiger partial charge in [0.25, 0.3) is 0 Å². The minimum absolute atomic E-state index is 0.256. The third-order valence-electron chi connectivity index (χ3n) is 6.37. The molecule has 0 aliphatic carbocycles. The maximum atomic E-state index is 13.5. The van der Waals surface area contributed by atoms with Gasteiger partial charge in [-0.15, -0.1) is 0 Å². The number of hydrogen-bond acceptors (Lipinski definition) is 4. The van der Waals surface area contributed by atoms with Gasteiger partial charge in [0.1, 0.15) is 0 Å². The molecule has 2 aromatic heterocycles. The summed E-state index contributed by atoms with van der Waals surface area (Å²) >= 11 is 0. The minimum Gasteiger partial charge on any atom is -0.359 e. The number of hydrogen-bond donors (Lipinski definition) is 3. The Balaban J connectivity index is 1.84. The highest BCUT2D eigenvalue weighted by Gasteiger charge is 2.43. The van der Waals surface area contributed by atoms with Gasteiger partial charge in [0.15, 0.2) is 0 Å². The molecule has 8 nitrogen and oxygen atoms in total. The number of carbonyl (C=O) groups excluding carboxylic acids is 1. The van der Waals surface area contributed by atoms with Crippen LogP contribution in [0.15, 0.2) is 64.5 Å². The lowest BCUT2D eigenvalue weighted by molar-refractivity contribution is -0.117. The smallest absolute Gasteiger partial charge is 0.330 e. The van der Waals surface area contributed by atoms with Crippen molar-refractivity contribution >= 4 is 29.2 Å². The molecule has 4 N–H and O–H groups in total. The Labute approximate surface area is 190 Å². The van der Waals surface area contributed by atoms with E-state index in [0.29, 0.717) is 18.7 Å². The molecule has 0 fully saturated rings. The van der Waals surface area contributed by atoms with Gasteiger partial charge in [0, 0.05) is 30.4 Å². The minimum atomic E-state index is -0.660. The van der Waals surface area contributed by atoms with Crippen LogP contribution in [0, 0.1) is 0 Å². The van der Waals surface area contributed by atoms with Crippen LogP contribution in [0.4, 0.5) is 5.69 Å². The molecule has 1 unspecified atom stereocenters. The van der Waals surface area contributed by atoms with Gasteiger partial charge >= 0.3 is 5.69 Å². The van der Waals surface area contributed by atoms with Crippen LogP contribution >= 0.6 is 0 Å². The number of nitrogens with one attached hydrogen (secondary N) is 2. The molecule has 0 radical (unpaired) electrons. The second-order valence-corrected chi connectivity index (χ2v) is 8.47. The summed E-state index contributed by atoms with van der Waals surface area (Å²) in [5, 5.41) is 0.937. The van der Waals surface area contributed by atoms with Crippen LogP contribution in [0.25, 0.3) is 16.6 Å². The molecule has 0 saturated heterocycles. The Kier molecular flexibility index (Phi) is 5.22. The molecule has 168 valence electrons. The first-order chi connectivity index (χ1) is 16.1. The van der Waals surface area contributed by atoms with E-state index < -0.39 is 5.41 Å². The molecule has 0 saturated carbocycles. The summed E-state index contributed by atoms with van der Waals surface area (Å²) < 4.78 is 1.73. The molecule has 2 aromatic carbocycles. The number of carbonyl (C=O) groups is 1. The van der Waals surface area contributed by atoms with Crippen molar-refractivity contribution in [2.45, 2.75) is 24.8 Å². The first-order valence-electron chi connectivity index (χ1n) is 11.0. The van der Waals surface area contributed by atoms with Gasteiger partial charge in [-0.1, -0.05) is 36.4 Å². The van der Waals surface area contributed by atoms with Gasteiger partial charge in [-0.05, 0) is 37.1 Å². The largest absolute Gasteiger partial charge is 0.359 e. The molecule has 3 heterocycles. The van der Waals surface area contributed by atoms with E-state index in [0.717, 1.165) is 46.4 Å². The van der Waals surface area contributed by atoms with Gasteiger partial charge in [-0.25, -0.2) is 4.79 Å². The Bertz CT molecular complexity index is 1410. The van der Waals surface area contributed by atoms with Crippen LogP contribution in [-0.2, 0) is 16.8 Å². The number of imidazole rings is 1. The number of para-hydroxylation sites is 2. The predicted molar refractivity (Wildman–Crippen MR) is 129 cm³/mol. The Morgan fingerprint density at radius 2 is 1.97 bits per heavy atom. The maximum absolute atomic E-state index is 13.5. The Hall–Kier alpha value is -3.91. The molecule has 0 bridgehead atoms. The number of aromatic amines is 2. The van der Waals surface area contributed by atoms with Crippen molar-refractivity contribution in [2.24, 2.45) is 10.7 Å². The molecule has 4 aromatic rings. The standard InChI is InChI=1S/C25H26N6O2/c1-30(16-32)14-21-23(25(11-6-12-26)15-28-20-10-5-3-8-18(20)25)31(24(33)29-21)22-13-27-19-9-4-2-7-17(19)22/h2-5,7-10,13,15-16,27H,6,11-12,14,26H2,1H3,(H,29,33). The van der Waals surface area contributed by atoms with Gasteiger partial charge in [0.2, 0.25) is 6.41 Å². The highest BCUT2D eigenvalue weighted by atomic mass is 16.1. The lowest BCUT2D eigenvalue weighted by Crippen LogP contribution is -2.34. The Morgan fingerprint density at radius 1 is 1.18 bits per heavy atom. The lowest BCUT2D eigenvalue weighted by atomic mass is 9.74. The summed E-state index contributed by atoms with van der Waals surface area (Å²) in [4.78, 5) is 37.5. The number of aliphatic imine (C=N–C) groups is 1. The number of benzene rings is 2. The summed E-state index contributed by atoms with van der Waals surface area (Å²) in [7, 11) is 1.70. The molecular formula is C25H26N6O2. The quantitative estimate of drug-likeness (QED) is 0.365. The maximum Gasteiger partial charge on any atom is 0.330 e. The van der Waals surface area contributed by atoms with E-state index in [9.17, 15) is 9.59 Å². The zero-order chi connectivity index (χ0) is 23.0. The average molecular weight is 443 g/mol. The first-order valence-corrected chi connectivity index (χ1v) is 11.0. The van der Waals surface area contributed by atoms with Gasteiger partial charge in [-0.2, -0.15) is 0 Å². The SMILES string of the molecule is CN(C=O)Cc1[nH]c(=O)n(-c2c[nH]c3ccccc23)c1C1(CCCN)C=Nc2ccccc21. The second-order valence-electron chi connectivity index (χ2n) is 8.47. The zero-order valence-corrected chi connectivity index (χ0v) is 18.4. The van der Waals surface area contributed by atoms with Gasteiger partial charge in [0.05, 0.1) is 34.7 Å². The zero-order valence-electron chi connectivity index (χ0n) is 18.4. The van der Waals surface area contributed by atoms with Crippen LogP contribution < -0.4 is 11.4 Å². The van der Waals surface area contributed by atoms with E-state index in [-0.39, 0.29) is 12.2 Å². The number of aromatic nitrogens is 3. The van der Waals surface area contributed by atoms with Gasteiger partial charge < -0.3 is 20.6 Å². The normalized spacial score (nSPS) is 16.9. The molecule has 0 spiro atoms. The van der Waals surface area contributed by atoms with E-state index in [1.807, 2.05) is 54.9 Å². The summed E-state index contributed by atoms with van der Waals surface area (Å²) in [5.41, 5.74) is 10.1. The predicted octanol–water partition coefficient (Wildman–Crippen LogP) is 2.98. The van der Waals surface area contributed by atoms with Crippen molar-refractivity contribution in [3.8, 4) is 5.69 Å². The summed E-state index contributed by atoms with van der Waals surface area (Å²) in [6, 6.07) is 15.9. The number of nitrogens with zero attached hydrogens (tertiary/aromatic N) is 3. The Morgan fingerprint density at radius 3 is 2.79 bits per heavy atom. The van der Waals surface area contributed by atoms with Gasteiger partial charge in [-0.3, -0.25) is 14.4 Å². The monoisotopic (exact) mass is 442 g/mol. The third-order valence-corrected chi connectivity index (χ3v) is 6.37.